The maximum atomic E-state index is 12.5. The van der Waals surface area contributed by atoms with Gasteiger partial charge in [-0.3, -0.25) is 4.79 Å². The van der Waals surface area contributed by atoms with Crippen LogP contribution in [0.25, 0.3) is 6.08 Å². The third-order valence-corrected chi connectivity index (χ3v) is 6.09. The van der Waals surface area contributed by atoms with Gasteiger partial charge in [-0.15, -0.1) is 0 Å². The summed E-state index contributed by atoms with van der Waals surface area (Å²) in [6.07, 6.45) is 4.23. The Morgan fingerprint density at radius 3 is 2.57 bits per heavy atom. The molecule has 1 aliphatic heterocycles. The van der Waals surface area contributed by atoms with Gasteiger partial charge in [0.15, 0.2) is 23.0 Å². The number of fused-ring (bicyclic) bond motifs is 1. The Bertz CT molecular complexity index is 1190. The van der Waals surface area contributed by atoms with Crippen molar-refractivity contribution in [2.75, 3.05) is 20.4 Å². The summed E-state index contributed by atoms with van der Waals surface area (Å²) in [7, 11) is 1.64. The molecule has 0 spiro atoms. The first kappa shape index (κ1) is 24.2. The highest BCUT2D eigenvalue weighted by Crippen LogP contribution is 2.35. The number of hydrogen-bond acceptors (Lipinski definition) is 5. The second-order valence-corrected chi connectivity index (χ2v) is 8.43. The van der Waals surface area contributed by atoms with Crippen molar-refractivity contribution in [3.05, 3.63) is 89.0 Å². The van der Waals surface area contributed by atoms with Gasteiger partial charge in [-0.25, -0.2) is 0 Å². The number of carbonyl (C=O) groups is 1. The summed E-state index contributed by atoms with van der Waals surface area (Å²) in [5.41, 5.74) is 4.12. The maximum absolute atomic E-state index is 12.5. The van der Waals surface area contributed by atoms with E-state index in [9.17, 15) is 4.79 Å². The van der Waals surface area contributed by atoms with Gasteiger partial charge >= 0.3 is 0 Å². The molecule has 35 heavy (non-hydrogen) atoms. The van der Waals surface area contributed by atoms with Crippen LogP contribution in [-0.4, -0.2) is 26.4 Å². The fourth-order valence-electron chi connectivity index (χ4n) is 3.98. The summed E-state index contributed by atoms with van der Waals surface area (Å²) < 4.78 is 22.4. The third-order valence-electron chi connectivity index (χ3n) is 6.09. The van der Waals surface area contributed by atoms with Gasteiger partial charge in [0.1, 0.15) is 6.61 Å². The van der Waals surface area contributed by atoms with Crippen LogP contribution >= 0.6 is 0 Å². The molecule has 0 aromatic heterocycles. The Balaban J connectivity index is 1.38. The molecule has 6 nitrogen and oxygen atoms in total. The van der Waals surface area contributed by atoms with Crippen molar-refractivity contribution in [3.63, 3.8) is 0 Å². The fraction of sp³-hybridized carbons (Fsp3) is 0.276. The molecule has 6 heteroatoms. The van der Waals surface area contributed by atoms with Crippen molar-refractivity contribution in [1.82, 2.24) is 5.32 Å². The van der Waals surface area contributed by atoms with Crippen molar-refractivity contribution < 1.29 is 23.7 Å². The van der Waals surface area contributed by atoms with Crippen LogP contribution in [0.2, 0.25) is 0 Å². The molecule has 3 aromatic rings. The molecule has 0 radical (unpaired) electrons. The molecule has 182 valence electrons. The molecular formula is C29H31NO5. The van der Waals surface area contributed by atoms with Crippen LogP contribution in [0.3, 0.4) is 0 Å². The largest absolute Gasteiger partial charge is 0.493 e. The Hall–Kier alpha value is -3.93. The number of carbonyl (C=O) groups excluding carboxylic acids is 1. The lowest BCUT2D eigenvalue weighted by atomic mass is 9.96. The molecule has 1 amide bonds. The van der Waals surface area contributed by atoms with Crippen molar-refractivity contribution >= 4 is 12.0 Å². The van der Waals surface area contributed by atoms with Crippen LogP contribution < -0.4 is 24.3 Å². The number of aryl methyl sites for hydroxylation is 1. The molecule has 0 saturated carbocycles. The Labute approximate surface area is 206 Å². The zero-order valence-electron chi connectivity index (χ0n) is 20.4. The van der Waals surface area contributed by atoms with Gasteiger partial charge in [0.2, 0.25) is 12.7 Å². The normalized spacial score (nSPS) is 13.0. The molecule has 4 rings (SSSR count). The summed E-state index contributed by atoms with van der Waals surface area (Å²) in [6.45, 7) is 5.29. The molecule has 1 heterocycles. The van der Waals surface area contributed by atoms with Crippen LogP contribution in [0.5, 0.6) is 23.0 Å². The van der Waals surface area contributed by atoms with Gasteiger partial charge in [0, 0.05) is 18.5 Å². The molecule has 0 aliphatic carbocycles. The van der Waals surface area contributed by atoms with Crippen LogP contribution in [0.1, 0.15) is 41.5 Å². The first-order chi connectivity index (χ1) is 17.1. The van der Waals surface area contributed by atoms with E-state index in [1.165, 1.54) is 0 Å². The monoisotopic (exact) mass is 473 g/mol. The highest BCUT2D eigenvalue weighted by atomic mass is 16.7. The fourth-order valence-corrected chi connectivity index (χ4v) is 3.98. The summed E-state index contributed by atoms with van der Waals surface area (Å²) in [5.74, 6) is 2.81. The minimum atomic E-state index is -0.144. The average Bonchev–Trinajstić information content (AvgIpc) is 3.34. The number of nitrogens with one attached hydrogen (secondary N) is 1. The van der Waals surface area contributed by atoms with Crippen molar-refractivity contribution in [3.8, 4) is 23.0 Å². The Morgan fingerprint density at radius 2 is 1.83 bits per heavy atom. The van der Waals surface area contributed by atoms with E-state index in [-0.39, 0.29) is 18.6 Å². The highest BCUT2D eigenvalue weighted by molar-refractivity contribution is 5.92. The zero-order valence-corrected chi connectivity index (χ0v) is 20.4. The number of benzene rings is 3. The standard InChI is InChI=1S/C29H31NO5/c1-4-22(17-30-29(31)13-11-23-15-28-26(14-20(23)2)34-19-35-28)24-10-12-25(32-3)27(16-24)33-18-21-8-6-5-7-9-21/h5-16,22H,4,17-19H2,1-3H3,(H,30,31)/b13-11+. The lowest BCUT2D eigenvalue weighted by Crippen LogP contribution is -2.26. The SMILES string of the molecule is CCC(CNC(=O)/C=C/c1cc2c(cc1C)OCO2)c1ccc(OC)c(OCc2ccccc2)c1. The lowest BCUT2D eigenvalue weighted by molar-refractivity contribution is -0.116. The van der Waals surface area contributed by atoms with Crippen molar-refractivity contribution in [2.24, 2.45) is 0 Å². The second-order valence-electron chi connectivity index (χ2n) is 8.43. The zero-order chi connectivity index (χ0) is 24.6. The smallest absolute Gasteiger partial charge is 0.244 e. The number of hydrogen-bond donors (Lipinski definition) is 1. The summed E-state index contributed by atoms with van der Waals surface area (Å²) >= 11 is 0. The molecule has 0 fully saturated rings. The van der Waals surface area contributed by atoms with Crippen LogP contribution in [0.15, 0.2) is 66.7 Å². The van der Waals surface area contributed by atoms with Gasteiger partial charge in [0.25, 0.3) is 0 Å². The highest BCUT2D eigenvalue weighted by Gasteiger charge is 2.16. The average molecular weight is 474 g/mol. The van der Waals surface area contributed by atoms with Crippen molar-refractivity contribution in [2.45, 2.75) is 32.8 Å². The number of ether oxygens (including phenoxy) is 4. The maximum Gasteiger partial charge on any atom is 0.244 e. The third kappa shape index (κ3) is 6.15. The molecular weight excluding hydrogens is 442 g/mol. The minimum absolute atomic E-state index is 0.143. The van der Waals surface area contributed by atoms with Gasteiger partial charge in [-0.1, -0.05) is 43.3 Å². The molecule has 1 aliphatic rings. The molecule has 1 N–H and O–H groups in total. The molecule has 1 unspecified atom stereocenters. The van der Waals surface area contributed by atoms with Crippen molar-refractivity contribution in [1.29, 1.82) is 0 Å². The number of methoxy groups -OCH3 is 1. The first-order valence-electron chi connectivity index (χ1n) is 11.8. The van der Waals surface area contributed by atoms with Gasteiger partial charge in [-0.05, 0) is 65.9 Å². The van der Waals surface area contributed by atoms with E-state index < -0.39 is 0 Å². The predicted octanol–water partition coefficient (Wildman–Crippen LogP) is 5.63. The summed E-state index contributed by atoms with van der Waals surface area (Å²) in [4.78, 5) is 12.5. The quantitative estimate of drug-likeness (QED) is 0.386. The van der Waals surface area contributed by atoms with E-state index in [1.807, 2.05) is 67.6 Å². The van der Waals surface area contributed by atoms with E-state index in [2.05, 4.69) is 12.2 Å². The minimum Gasteiger partial charge on any atom is -0.493 e. The number of amides is 1. The van der Waals surface area contributed by atoms with Gasteiger partial charge in [-0.2, -0.15) is 0 Å². The first-order valence-corrected chi connectivity index (χ1v) is 11.8. The molecule has 1 atom stereocenters. The topological polar surface area (TPSA) is 66.0 Å². The van der Waals surface area contributed by atoms with E-state index >= 15 is 0 Å². The Morgan fingerprint density at radius 1 is 1.06 bits per heavy atom. The predicted molar refractivity (Wildman–Crippen MR) is 136 cm³/mol. The van der Waals surface area contributed by atoms with E-state index in [4.69, 9.17) is 18.9 Å². The summed E-state index contributed by atoms with van der Waals surface area (Å²) in [5, 5.41) is 3.03. The second kappa shape index (κ2) is 11.5. The molecule has 0 bridgehead atoms. The van der Waals surface area contributed by atoms with Gasteiger partial charge < -0.3 is 24.3 Å². The van der Waals surface area contributed by atoms with Crippen LogP contribution in [-0.2, 0) is 11.4 Å². The summed E-state index contributed by atoms with van der Waals surface area (Å²) in [6, 6.07) is 19.8. The number of rotatable bonds is 10. The lowest BCUT2D eigenvalue weighted by Gasteiger charge is -2.18. The van der Waals surface area contributed by atoms with E-state index in [0.29, 0.717) is 30.4 Å². The van der Waals surface area contributed by atoms with Crippen LogP contribution in [0.4, 0.5) is 0 Å². The van der Waals surface area contributed by atoms with Crippen LogP contribution in [0, 0.1) is 6.92 Å². The van der Waals surface area contributed by atoms with Gasteiger partial charge in [0.05, 0.1) is 7.11 Å². The molecule has 3 aromatic carbocycles. The van der Waals surface area contributed by atoms with E-state index in [0.717, 1.165) is 34.4 Å². The molecule has 0 saturated heterocycles. The van der Waals surface area contributed by atoms with E-state index in [1.54, 1.807) is 19.3 Å². The Kier molecular flexibility index (Phi) is 7.93.